The summed E-state index contributed by atoms with van der Waals surface area (Å²) in [4.78, 5) is 37.4. The van der Waals surface area contributed by atoms with E-state index in [-0.39, 0.29) is 35.8 Å². The van der Waals surface area contributed by atoms with Gasteiger partial charge in [-0.25, -0.2) is 9.40 Å². The number of nitrogens with zero attached hydrogens (tertiary/aromatic N) is 4. The SMILES string of the molecule is CN(CC(=O)N1N=C(c2ccc(F)cc2)C[C@H]1c1cccc([N+](=O)[O-])c1)C(=O)C1CC1. The van der Waals surface area contributed by atoms with Crippen LogP contribution in [0.3, 0.4) is 0 Å². The van der Waals surface area contributed by atoms with E-state index < -0.39 is 11.0 Å². The number of rotatable bonds is 6. The maximum atomic E-state index is 13.3. The van der Waals surface area contributed by atoms with Gasteiger partial charge in [0.2, 0.25) is 5.91 Å². The lowest BCUT2D eigenvalue weighted by Crippen LogP contribution is -2.39. The summed E-state index contributed by atoms with van der Waals surface area (Å²) >= 11 is 0. The van der Waals surface area contributed by atoms with Crippen LogP contribution in [0.5, 0.6) is 0 Å². The maximum Gasteiger partial charge on any atom is 0.269 e. The topological polar surface area (TPSA) is 96.1 Å². The normalized spacial score (nSPS) is 17.9. The number of nitro groups is 1. The van der Waals surface area contributed by atoms with Crippen LogP contribution < -0.4 is 0 Å². The molecule has 2 aliphatic rings. The summed E-state index contributed by atoms with van der Waals surface area (Å²) < 4.78 is 13.3. The van der Waals surface area contributed by atoms with Gasteiger partial charge >= 0.3 is 0 Å². The Labute approximate surface area is 178 Å². The summed E-state index contributed by atoms with van der Waals surface area (Å²) in [5.41, 5.74) is 1.72. The van der Waals surface area contributed by atoms with E-state index in [0.717, 1.165) is 12.8 Å². The Hall–Kier alpha value is -3.62. The van der Waals surface area contributed by atoms with Crippen LogP contribution in [0.1, 0.15) is 36.4 Å². The van der Waals surface area contributed by atoms with Crippen molar-refractivity contribution in [2.24, 2.45) is 11.0 Å². The van der Waals surface area contributed by atoms with E-state index in [1.54, 1.807) is 31.3 Å². The lowest BCUT2D eigenvalue weighted by molar-refractivity contribution is -0.385. The number of nitro benzene ring substituents is 1. The number of hydrogen-bond donors (Lipinski definition) is 0. The zero-order chi connectivity index (χ0) is 22.1. The number of carbonyl (C=O) groups is 2. The Kier molecular flexibility index (Phi) is 5.50. The summed E-state index contributed by atoms with van der Waals surface area (Å²) in [6.07, 6.45) is 1.99. The summed E-state index contributed by atoms with van der Waals surface area (Å²) in [5.74, 6) is -0.847. The quantitative estimate of drug-likeness (QED) is 0.525. The van der Waals surface area contributed by atoms with Crippen molar-refractivity contribution >= 4 is 23.2 Å². The van der Waals surface area contributed by atoms with Crippen molar-refractivity contribution in [3.63, 3.8) is 0 Å². The van der Waals surface area contributed by atoms with Crippen molar-refractivity contribution in [2.75, 3.05) is 13.6 Å². The van der Waals surface area contributed by atoms with E-state index in [1.807, 2.05) is 0 Å². The van der Waals surface area contributed by atoms with Crippen molar-refractivity contribution < 1.29 is 18.9 Å². The van der Waals surface area contributed by atoms with Crippen molar-refractivity contribution in [1.82, 2.24) is 9.91 Å². The minimum Gasteiger partial charge on any atom is -0.336 e. The highest BCUT2D eigenvalue weighted by Crippen LogP contribution is 2.35. The van der Waals surface area contributed by atoms with Crippen molar-refractivity contribution in [3.8, 4) is 0 Å². The number of hydrogen-bond acceptors (Lipinski definition) is 5. The molecule has 0 aromatic heterocycles. The number of non-ortho nitro benzene ring substituents is 1. The fourth-order valence-electron chi connectivity index (χ4n) is 3.66. The minimum atomic E-state index is -0.558. The fraction of sp³-hybridized carbons (Fsp3) is 0.318. The van der Waals surface area contributed by atoms with Gasteiger partial charge < -0.3 is 4.90 Å². The molecule has 1 aliphatic heterocycles. The molecular weight excluding hydrogens is 403 g/mol. The average molecular weight is 424 g/mol. The Morgan fingerprint density at radius 3 is 2.58 bits per heavy atom. The molecule has 4 rings (SSSR count). The third kappa shape index (κ3) is 4.45. The van der Waals surface area contributed by atoms with Crippen LogP contribution in [0.25, 0.3) is 0 Å². The van der Waals surface area contributed by atoms with Crippen molar-refractivity contribution in [3.05, 3.63) is 75.6 Å². The summed E-state index contributed by atoms with van der Waals surface area (Å²) in [7, 11) is 1.58. The molecule has 1 heterocycles. The highest BCUT2D eigenvalue weighted by Gasteiger charge is 2.37. The largest absolute Gasteiger partial charge is 0.336 e. The number of halogens is 1. The van der Waals surface area contributed by atoms with Gasteiger partial charge in [0.05, 0.1) is 16.7 Å². The monoisotopic (exact) mass is 424 g/mol. The van der Waals surface area contributed by atoms with E-state index in [1.165, 1.54) is 34.2 Å². The van der Waals surface area contributed by atoms with Gasteiger partial charge in [-0.2, -0.15) is 5.10 Å². The fourth-order valence-corrected chi connectivity index (χ4v) is 3.66. The van der Waals surface area contributed by atoms with Gasteiger partial charge in [0.1, 0.15) is 12.4 Å². The standard InChI is InChI=1S/C22H21FN4O4/c1-25(22(29)15-5-6-15)13-21(28)26-20(16-3-2-4-18(11-16)27(30)31)12-19(24-26)14-7-9-17(23)10-8-14/h2-4,7-11,15,20H,5-6,12-13H2,1H3/t20-/m0/s1. The molecule has 1 atom stereocenters. The first-order valence-corrected chi connectivity index (χ1v) is 9.98. The summed E-state index contributed by atoms with van der Waals surface area (Å²) in [5, 5.41) is 17.0. The summed E-state index contributed by atoms with van der Waals surface area (Å²) in [6, 6.07) is 11.3. The van der Waals surface area contributed by atoms with E-state index in [4.69, 9.17) is 0 Å². The Morgan fingerprint density at radius 1 is 1.23 bits per heavy atom. The third-order valence-corrected chi connectivity index (χ3v) is 5.48. The van der Waals surface area contributed by atoms with Gasteiger partial charge in [0, 0.05) is 31.5 Å². The molecule has 2 aromatic rings. The predicted octanol–water partition coefficient (Wildman–Crippen LogP) is 3.28. The first kappa shape index (κ1) is 20.6. The van der Waals surface area contributed by atoms with E-state index in [2.05, 4.69) is 5.10 Å². The average Bonchev–Trinajstić information content (AvgIpc) is 3.51. The zero-order valence-corrected chi connectivity index (χ0v) is 16.9. The second-order valence-electron chi connectivity index (χ2n) is 7.83. The number of likely N-dealkylation sites (N-methyl/N-ethyl adjacent to an activating group) is 1. The molecule has 2 aromatic carbocycles. The Balaban J connectivity index is 1.63. The molecule has 0 bridgehead atoms. The predicted molar refractivity (Wildman–Crippen MR) is 111 cm³/mol. The second kappa shape index (κ2) is 8.25. The van der Waals surface area contributed by atoms with E-state index >= 15 is 0 Å². The highest BCUT2D eigenvalue weighted by molar-refractivity contribution is 6.03. The Bertz CT molecular complexity index is 1070. The highest BCUT2D eigenvalue weighted by atomic mass is 19.1. The molecule has 1 aliphatic carbocycles. The van der Waals surface area contributed by atoms with Gasteiger partial charge in [-0.05, 0) is 36.1 Å². The van der Waals surface area contributed by atoms with Crippen molar-refractivity contribution in [2.45, 2.75) is 25.3 Å². The second-order valence-corrected chi connectivity index (χ2v) is 7.83. The van der Waals surface area contributed by atoms with Gasteiger partial charge in [-0.1, -0.05) is 24.3 Å². The van der Waals surface area contributed by atoms with Crippen LogP contribution >= 0.6 is 0 Å². The van der Waals surface area contributed by atoms with Crippen LogP contribution in [-0.4, -0.2) is 46.0 Å². The smallest absolute Gasteiger partial charge is 0.269 e. The third-order valence-electron chi connectivity index (χ3n) is 5.48. The molecule has 2 amide bonds. The molecular formula is C22H21FN4O4. The van der Waals surface area contributed by atoms with Crippen LogP contribution in [0.2, 0.25) is 0 Å². The Morgan fingerprint density at radius 2 is 1.94 bits per heavy atom. The minimum absolute atomic E-state index is 0.0118. The molecule has 0 saturated heterocycles. The number of hydrazone groups is 1. The lowest BCUT2D eigenvalue weighted by atomic mass is 9.98. The molecule has 0 N–H and O–H groups in total. The van der Waals surface area contributed by atoms with Crippen LogP contribution in [0.4, 0.5) is 10.1 Å². The zero-order valence-electron chi connectivity index (χ0n) is 16.9. The molecule has 160 valence electrons. The van der Waals surface area contributed by atoms with Gasteiger partial charge in [-0.3, -0.25) is 19.7 Å². The first-order valence-electron chi connectivity index (χ1n) is 9.98. The molecule has 0 spiro atoms. The van der Waals surface area contributed by atoms with Gasteiger partial charge in [0.25, 0.3) is 11.6 Å². The molecule has 9 heteroatoms. The van der Waals surface area contributed by atoms with E-state index in [0.29, 0.717) is 23.3 Å². The number of carbonyl (C=O) groups excluding carboxylic acids is 2. The molecule has 8 nitrogen and oxygen atoms in total. The lowest BCUT2D eigenvalue weighted by Gasteiger charge is -2.24. The van der Waals surface area contributed by atoms with Crippen molar-refractivity contribution in [1.29, 1.82) is 0 Å². The maximum absolute atomic E-state index is 13.3. The first-order chi connectivity index (χ1) is 14.8. The van der Waals surface area contributed by atoms with Crippen LogP contribution in [0, 0.1) is 21.8 Å². The molecule has 0 unspecified atom stereocenters. The van der Waals surface area contributed by atoms with Gasteiger partial charge in [0.15, 0.2) is 0 Å². The summed E-state index contributed by atoms with van der Waals surface area (Å²) in [6.45, 7) is -0.138. The molecule has 1 fully saturated rings. The van der Waals surface area contributed by atoms with Crippen LogP contribution in [-0.2, 0) is 9.59 Å². The van der Waals surface area contributed by atoms with Crippen LogP contribution in [0.15, 0.2) is 53.6 Å². The number of amides is 2. The molecule has 1 saturated carbocycles. The molecule has 0 radical (unpaired) electrons. The van der Waals surface area contributed by atoms with Gasteiger partial charge in [-0.15, -0.1) is 0 Å². The van der Waals surface area contributed by atoms with E-state index in [9.17, 15) is 24.1 Å². The molecule has 31 heavy (non-hydrogen) atoms. The number of benzene rings is 2.